The number of rotatable bonds is 2. The fraction of sp³-hybridized carbons (Fsp3) is 0.412. The van der Waals surface area contributed by atoms with Crippen LogP contribution in [0.2, 0.25) is 5.15 Å². The van der Waals surface area contributed by atoms with E-state index in [0.717, 1.165) is 35.9 Å². The number of amides is 1. The van der Waals surface area contributed by atoms with Crippen molar-refractivity contribution in [2.45, 2.75) is 32.7 Å². The number of halogens is 1. The molecule has 1 saturated heterocycles. The second-order valence-corrected chi connectivity index (χ2v) is 6.24. The highest BCUT2D eigenvalue weighted by atomic mass is 35.5. The van der Waals surface area contributed by atoms with Crippen molar-refractivity contribution in [1.82, 2.24) is 9.88 Å². The highest BCUT2D eigenvalue weighted by Crippen LogP contribution is 2.24. The molecule has 2 aromatic rings. The van der Waals surface area contributed by atoms with Gasteiger partial charge in [0.25, 0.3) is 0 Å². The van der Waals surface area contributed by atoms with Crippen LogP contribution in [0.25, 0.3) is 10.9 Å². The number of pyridine rings is 1. The van der Waals surface area contributed by atoms with Gasteiger partial charge in [-0.15, -0.1) is 0 Å². The van der Waals surface area contributed by atoms with Crippen LogP contribution in [-0.4, -0.2) is 22.3 Å². The van der Waals surface area contributed by atoms with E-state index in [1.54, 1.807) is 0 Å². The molecule has 4 heteroatoms. The number of hydrogen-bond acceptors (Lipinski definition) is 2. The summed E-state index contributed by atoms with van der Waals surface area (Å²) in [6.07, 6.45) is 2.68. The summed E-state index contributed by atoms with van der Waals surface area (Å²) in [5.74, 6) is 0.840. The van der Waals surface area contributed by atoms with Crippen molar-refractivity contribution < 1.29 is 4.79 Å². The molecule has 0 bridgehead atoms. The number of para-hydroxylation sites is 1. The molecule has 1 aliphatic rings. The number of aromatic nitrogens is 1. The van der Waals surface area contributed by atoms with Crippen LogP contribution < -0.4 is 0 Å². The lowest BCUT2D eigenvalue weighted by Crippen LogP contribution is -2.30. The summed E-state index contributed by atoms with van der Waals surface area (Å²) in [5, 5.41) is 1.56. The Bertz CT molecular complexity index is 671. The van der Waals surface area contributed by atoms with Crippen molar-refractivity contribution in [2.24, 2.45) is 5.92 Å². The monoisotopic (exact) mass is 302 g/mol. The minimum absolute atomic E-state index is 0.226. The van der Waals surface area contributed by atoms with Gasteiger partial charge in [0.05, 0.1) is 5.52 Å². The third-order valence-electron chi connectivity index (χ3n) is 4.21. The highest BCUT2D eigenvalue weighted by molar-refractivity contribution is 6.30. The van der Waals surface area contributed by atoms with E-state index in [9.17, 15) is 4.79 Å². The molecule has 0 spiro atoms. The maximum atomic E-state index is 12.2. The molecule has 0 aliphatic carbocycles. The average molecular weight is 303 g/mol. The number of carbonyl (C=O) groups excluding carboxylic acids is 1. The first-order valence-corrected chi connectivity index (χ1v) is 7.83. The van der Waals surface area contributed by atoms with Crippen LogP contribution in [0.1, 0.15) is 31.7 Å². The lowest BCUT2D eigenvalue weighted by molar-refractivity contribution is -0.131. The molecular weight excluding hydrogens is 284 g/mol. The molecule has 1 fully saturated rings. The molecular formula is C17H19ClN2O. The normalized spacial score (nSPS) is 19.8. The molecule has 2 heterocycles. The minimum atomic E-state index is 0.226. The maximum absolute atomic E-state index is 12.2. The standard InChI is InChI=1S/C17H19ClN2O/c1-12-6-7-16(21)20(9-8-12)11-14-10-13-4-2-3-5-15(13)19-17(14)18/h2-5,10,12H,6-9,11H2,1H3. The molecule has 1 unspecified atom stereocenters. The van der Waals surface area contributed by atoms with Gasteiger partial charge < -0.3 is 4.90 Å². The van der Waals surface area contributed by atoms with Crippen LogP contribution >= 0.6 is 11.6 Å². The number of likely N-dealkylation sites (tertiary alicyclic amines) is 1. The topological polar surface area (TPSA) is 33.2 Å². The first-order chi connectivity index (χ1) is 10.1. The van der Waals surface area contributed by atoms with E-state index < -0.39 is 0 Å². The first-order valence-electron chi connectivity index (χ1n) is 7.45. The summed E-state index contributed by atoms with van der Waals surface area (Å²) < 4.78 is 0. The van der Waals surface area contributed by atoms with E-state index in [1.807, 2.05) is 35.2 Å². The Labute approximate surface area is 129 Å². The SMILES string of the molecule is CC1CCC(=O)N(Cc2cc3ccccc3nc2Cl)CC1. The molecule has 3 rings (SSSR count). The number of benzene rings is 1. The van der Waals surface area contributed by atoms with E-state index in [0.29, 0.717) is 24.0 Å². The fourth-order valence-electron chi connectivity index (χ4n) is 2.79. The summed E-state index contributed by atoms with van der Waals surface area (Å²) in [6.45, 7) is 3.58. The zero-order chi connectivity index (χ0) is 14.8. The molecule has 110 valence electrons. The van der Waals surface area contributed by atoms with Gasteiger partial charge >= 0.3 is 0 Å². The maximum Gasteiger partial charge on any atom is 0.222 e. The third kappa shape index (κ3) is 3.18. The molecule has 3 nitrogen and oxygen atoms in total. The molecule has 1 aromatic heterocycles. The smallest absolute Gasteiger partial charge is 0.222 e. The Hall–Kier alpha value is -1.61. The van der Waals surface area contributed by atoms with Gasteiger partial charge in [0.2, 0.25) is 5.91 Å². The van der Waals surface area contributed by atoms with Crippen molar-refractivity contribution in [3.63, 3.8) is 0 Å². The van der Waals surface area contributed by atoms with Crippen LogP contribution in [0.15, 0.2) is 30.3 Å². The number of carbonyl (C=O) groups is 1. The van der Waals surface area contributed by atoms with Crippen molar-refractivity contribution in [2.75, 3.05) is 6.54 Å². The Morgan fingerprint density at radius 1 is 1.33 bits per heavy atom. The Morgan fingerprint density at radius 2 is 2.14 bits per heavy atom. The van der Waals surface area contributed by atoms with Crippen molar-refractivity contribution in [3.8, 4) is 0 Å². The van der Waals surface area contributed by atoms with E-state index >= 15 is 0 Å². The zero-order valence-electron chi connectivity index (χ0n) is 12.2. The zero-order valence-corrected chi connectivity index (χ0v) is 12.9. The van der Waals surface area contributed by atoms with E-state index in [1.165, 1.54) is 0 Å². The molecule has 1 amide bonds. The van der Waals surface area contributed by atoms with Crippen molar-refractivity contribution in [3.05, 3.63) is 41.0 Å². The Balaban J connectivity index is 1.86. The van der Waals surface area contributed by atoms with Gasteiger partial charge in [-0.1, -0.05) is 36.7 Å². The first kappa shape index (κ1) is 14.3. The number of hydrogen-bond donors (Lipinski definition) is 0. The predicted octanol–water partition coefficient (Wildman–Crippen LogP) is 4.04. The summed E-state index contributed by atoms with van der Waals surface area (Å²) in [4.78, 5) is 18.6. The minimum Gasteiger partial charge on any atom is -0.338 e. The summed E-state index contributed by atoms with van der Waals surface area (Å²) in [6, 6.07) is 9.95. The van der Waals surface area contributed by atoms with Crippen LogP contribution in [-0.2, 0) is 11.3 Å². The highest BCUT2D eigenvalue weighted by Gasteiger charge is 2.21. The van der Waals surface area contributed by atoms with Crippen LogP contribution in [0, 0.1) is 5.92 Å². The molecule has 0 radical (unpaired) electrons. The van der Waals surface area contributed by atoms with E-state index in [4.69, 9.17) is 11.6 Å². The largest absolute Gasteiger partial charge is 0.338 e. The van der Waals surface area contributed by atoms with Crippen molar-refractivity contribution >= 4 is 28.4 Å². The van der Waals surface area contributed by atoms with Crippen LogP contribution in [0.5, 0.6) is 0 Å². The second kappa shape index (κ2) is 6.02. The summed E-state index contributed by atoms with van der Waals surface area (Å²) in [5.41, 5.74) is 1.82. The third-order valence-corrected chi connectivity index (χ3v) is 4.53. The van der Waals surface area contributed by atoms with E-state index in [-0.39, 0.29) is 5.91 Å². The molecule has 0 N–H and O–H groups in total. The van der Waals surface area contributed by atoms with Gasteiger partial charge in [0, 0.05) is 30.5 Å². The van der Waals surface area contributed by atoms with Crippen LogP contribution in [0.4, 0.5) is 0 Å². The lowest BCUT2D eigenvalue weighted by Gasteiger charge is -2.21. The van der Waals surface area contributed by atoms with Gasteiger partial charge in [-0.3, -0.25) is 4.79 Å². The molecule has 1 atom stereocenters. The quantitative estimate of drug-likeness (QED) is 0.785. The fourth-order valence-corrected chi connectivity index (χ4v) is 3.00. The summed E-state index contributed by atoms with van der Waals surface area (Å²) >= 11 is 6.29. The van der Waals surface area contributed by atoms with Crippen molar-refractivity contribution in [1.29, 1.82) is 0 Å². The molecule has 1 aliphatic heterocycles. The molecule has 1 aromatic carbocycles. The average Bonchev–Trinajstić information content (AvgIpc) is 2.63. The molecule has 21 heavy (non-hydrogen) atoms. The van der Waals surface area contributed by atoms with Gasteiger partial charge in [-0.25, -0.2) is 4.98 Å². The van der Waals surface area contributed by atoms with Gasteiger partial charge in [0.15, 0.2) is 0 Å². The number of nitrogens with zero attached hydrogens (tertiary/aromatic N) is 2. The summed E-state index contributed by atoms with van der Waals surface area (Å²) in [7, 11) is 0. The Kier molecular flexibility index (Phi) is 4.11. The number of fused-ring (bicyclic) bond motifs is 1. The second-order valence-electron chi connectivity index (χ2n) is 5.88. The van der Waals surface area contributed by atoms with Gasteiger partial charge in [-0.2, -0.15) is 0 Å². The van der Waals surface area contributed by atoms with Gasteiger partial charge in [0.1, 0.15) is 5.15 Å². The Morgan fingerprint density at radius 3 is 3.00 bits per heavy atom. The predicted molar refractivity (Wildman–Crippen MR) is 85.2 cm³/mol. The molecule has 0 saturated carbocycles. The lowest BCUT2D eigenvalue weighted by atomic mass is 10.0. The van der Waals surface area contributed by atoms with E-state index in [2.05, 4.69) is 11.9 Å². The van der Waals surface area contributed by atoms with Gasteiger partial charge in [-0.05, 0) is 30.9 Å². The van der Waals surface area contributed by atoms with Crippen LogP contribution in [0.3, 0.4) is 0 Å².